The van der Waals surface area contributed by atoms with Crippen LogP contribution in [-0.2, 0) is 9.59 Å². The fraction of sp³-hybridized carbons (Fsp3) is 0.600. The van der Waals surface area contributed by atoms with Gasteiger partial charge in [-0.1, -0.05) is 0 Å². The van der Waals surface area contributed by atoms with E-state index in [1.54, 1.807) is 6.92 Å². The van der Waals surface area contributed by atoms with Crippen LogP contribution in [0.4, 0.5) is 0 Å². The number of hydrogen-bond donors (Lipinski definition) is 2. The Labute approximate surface area is 64.0 Å². The minimum atomic E-state index is -1.30. The van der Waals surface area contributed by atoms with E-state index >= 15 is 0 Å². The van der Waals surface area contributed by atoms with Gasteiger partial charge in [-0.15, -0.1) is 0 Å². The van der Waals surface area contributed by atoms with E-state index in [-0.39, 0.29) is 0 Å². The first kappa shape index (κ1) is 9.29. The van der Waals surface area contributed by atoms with Crippen molar-refractivity contribution >= 4 is 24.5 Å². The van der Waals surface area contributed by atoms with Crippen LogP contribution in [0.25, 0.3) is 0 Å². The van der Waals surface area contributed by atoms with Crippen LogP contribution in [0.3, 0.4) is 0 Å². The van der Waals surface area contributed by atoms with Crippen molar-refractivity contribution in [3.05, 3.63) is 0 Å². The number of hydrogen-bond acceptors (Lipinski definition) is 4. The molecule has 0 aromatic heterocycles. The summed E-state index contributed by atoms with van der Waals surface area (Å²) in [6, 6.07) is 0. The molecule has 1 amide bonds. The molecule has 0 rings (SSSR count). The van der Waals surface area contributed by atoms with Crippen molar-refractivity contribution in [1.29, 1.82) is 0 Å². The van der Waals surface area contributed by atoms with Gasteiger partial charge in [0.25, 0.3) is 0 Å². The molecule has 0 aromatic carbocycles. The van der Waals surface area contributed by atoms with E-state index in [1.807, 2.05) is 0 Å². The fourth-order valence-corrected chi connectivity index (χ4v) is 0.398. The van der Waals surface area contributed by atoms with Crippen LogP contribution in [0.5, 0.6) is 0 Å². The SMILES string of the molecule is C[C@@H](S)C(=O)NCC(=O)[O-]. The zero-order valence-electron chi connectivity index (χ0n) is 5.46. The average Bonchev–Trinajstić information content (AvgIpc) is 1.82. The Morgan fingerprint density at radius 1 is 1.70 bits per heavy atom. The zero-order valence-corrected chi connectivity index (χ0v) is 6.35. The second kappa shape index (κ2) is 4.16. The number of carbonyl (C=O) groups excluding carboxylic acids is 2. The minimum absolute atomic E-state index is 0.410. The fourth-order valence-electron chi connectivity index (χ4n) is 0.307. The Bertz CT molecular complexity index is 146. The van der Waals surface area contributed by atoms with Gasteiger partial charge in [0.1, 0.15) is 0 Å². The van der Waals surface area contributed by atoms with Gasteiger partial charge in [0.05, 0.1) is 17.8 Å². The predicted octanol–water partition coefficient (Wildman–Crippen LogP) is -1.83. The third-order valence-corrected chi connectivity index (χ3v) is 1.02. The minimum Gasteiger partial charge on any atom is -0.548 e. The van der Waals surface area contributed by atoms with E-state index in [9.17, 15) is 14.7 Å². The molecule has 4 nitrogen and oxygen atoms in total. The van der Waals surface area contributed by atoms with Gasteiger partial charge in [-0.2, -0.15) is 12.6 Å². The van der Waals surface area contributed by atoms with Gasteiger partial charge in [-0.05, 0) is 6.92 Å². The maximum atomic E-state index is 10.6. The van der Waals surface area contributed by atoms with Crippen molar-refractivity contribution in [3.63, 3.8) is 0 Å². The normalized spacial score (nSPS) is 12.2. The standard InChI is InChI=1S/C5H9NO3S/c1-3(10)5(9)6-2-4(7)8/h3,10H,2H2,1H3,(H,6,9)(H,7,8)/p-1/t3-/m1/s1. The Morgan fingerprint density at radius 2 is 2.20 bits per heavy atom. The Hall–Kier alpha value is -0.710. The largest absolute Gasteiger partial charge is 0.548 e. The molecule has 0 spiro atoms. The van der Waals surface area contributed by atoms with Crippen LogP contribution in [0, 0.1) is 0 Å². The summed E-state index contributed by atoms with van der Waals surface area (Å²) in [6.45, 7) is 1.09. The lowest BCUT2D eigenvalue weighted by atomic mass is 10.4. The van der Waals surface area contributed by atoms with Crippen LogP contribution < -0.4 is 10.4 Å². The number of rotatable bonds is 3. The van der Waals surface area contributed by atoms with E-state index in [4.69, 9.17) is 0 Å². The summed E-state index contributed by atoms with van der Waals surface area (Å²) in [6.07, 6.45) is 0. The lowest BCUT2D eigenvalue weighted by Gasteiger charge is -2.06. The molecule has 0 unspecified atom stereocenters. The van der Waals surface area contributed by atoms with Crippen LogP contribution in [0.1, 0.15) is 6.92 Å². The summed E-state index contributed by atoms with van der Waals surface area (Å²) in [5.74, 6) is -1.71. The second-order valence-corrected chi connectivity index (χ2v) is 2.54. The second-order valence-electron chi connectivity index (χ2n) is 1.77. The molecule has 0 aliphatic rings. The Kier molecular flexibility index (Phi) is 3.87. The summed E-state index contributed by atoms with van der Waals surface area (Å²) in [5, 5.41) is 11.4. The maximum absolute atomic E-state index is 10.6. The van der Waals surface area contributed by atoms with Gasteiger partial charge in [0.2, 0.25) is 5.91 Å². The summed E-state index contributed by atoms with van der Waals surface area (Å²) < 4.78 is 0. The molecule has 1 atom stereocenters. The van der Waals surface area contributed by atoms with Gasteiger partial charge in [-0.3, -0.25) is 4.79 Å². The molecular formula is C5H8NO3S-. The predicted molar refractivity (Wildman–Crippen MR) is 36.5 cm³/mol. The zero-order chi connectivity index (χ0) is 8.15. The van der Waals surface area contributed by atoms with Crippen molar-refractivity contribution in [2.75, 3.05) is 6.54 Å². The molecule has 0 heterocycles. The third-order valence-electron chi connectivity index (χ3n) is 0.786. The molecule has 10 heavy (non-hydrogen) atoms. The molecule has 0 aliphatic heterocycles. The molecule has 0 fully saturated rings. The van der Waals surface area contributed by atoms with Crippen molar-refractivity contribution in [3.8, 4) is 0 Å². The molecule has 58 valence electrons. The summed E-state index contributed by atoms with van der Waals surface area (Å²) >= 11 is 3.77. The van der Waals surface area contributed by atoms with Gasteiger partial charge >= 0.3 is 0 Å². The lowest BCUT2D eigenvalue weighted by molar-refractivity contribution is -0.303. The highest BCUT2D eigenvalue weighted by Gasteiger charge is 2.05. The number of thiol groups is 1. The van der Waals surface area contributed by atoms with Crippen LogP contribution >= 0.6 is 12.6 Å². The molecular weight excluding hydrogens is 154 g/mol. The third kappa shape index (κ3) is 4.20. The van der Waals surface area contributed by atoms with E-state index in [1.165, 1.54) is 0 Å². The van der Waals surface area contributed by atoms with E-state index in [2.05, 4.69) is 17.9 Å². The molecule has 0 bridgehead atoms. The number of carboxylic acids is 1. The smallest absolute Gasteiger partial charge is 0.232 e. The Balaban J connectivity index is 3.50. The monoisotopic (exact) mass is 162 g/mol. The van der Waals surface area contributed by atoms with Gasteiger partial charge in [0, 0.05) is 0 Å². The first-order chi connectivity index (χ1) is 4.54. The van der Waals surface area contributed by atoms with Crippen LogP contribution in [-0.4, -0.2) is 23.7 Å². The van der Waals surface area contributed by atoms with Gasteiger partial charge in [0.15, 0.2) is 0 Å². The topological polar surface area (TPSA) is 69.2 Å². The highest BCUT2D eigenvalue weighted by molar-refractivity contribution is 7.81. The number of carbonyl (C=O) groups is 2. The van der Waals surface area contributed by atoms with E-state index < -0.39 is 23.7 Å². The van der Waals surface area contributed by atoms with Crippen LogP contribution in [0.15, 0.2) is 0 Å². The van der Waals surface area contributed by atoms with E-state index in [0.717, 1.165) is 0 Å². The molecule has 0 aliphatic carbocycles. The highest BCUT2D eigenvalue weighted by Crippen LogP contribution is 1.89. The Morgan fingerprint density at radius 3 is 2.50 bits per heavy atom. The quantitative estimate of drug-likeness (QED) is 0.480. The van der Waals surface area contributed by atoms with Crippen molar-refractivity contribution in [1.82, 2.24) is 5.32 Å². The van der Waals surface area contributed by atoms with Crippen molar-refractivity contribution < 1.29 is 14.7 Å². The highest BCUT2D eigenvalue weighted by atomic mass is 32.1. The number of carboxylic acid groups (broad SMARTS) is 1. The first-order valence-corrected chi connectivity index (χ1v) is 3.21. The molecule has 0 radical (unpaired) electrons. The van der Waals surface area contributed by atoms with Crippen molar-refractivity contribution in [2.45, 2.75) is 12.2 Å². The van der Waals surface area contributed by atoms with Gasteiger partial charge < -0.3 is 15.2 Å². The number of nitrogens with one attached hydrogen (secondary N) is 1. The molecule has 0 aromatic rings. The summed E-state index contributed by atoms with van der Waals surface area (Å²) in [7, 11) is 0. The van der Waals surface area contributed by atoms with Gasteiger partial charge in [-0.25, -0.2) is 0 Å². The average molecular weight is 162 g/mol. The molecule has 0 saturated heterocycles. The molecule has 0 saturated carbocycles. The first-order valence-electron chi connectivity index (χ1n) is 2.69. The summed E-state index contributed by atoms with van der Waals surface area (Å²) in [4.78, 5) is 20.3. The lowest BCUT2D eigenvalue weighted by Crippen LogP contribution is -2.40. The maximum Gasteiger partial charge on any atom is 0.232 e. The number of aliphatic carboxylic acids is 1. The summed E-state index contributed by atoms with van der Waals surface area (Å²) in [5.41, 5.74) is 0. The van der Waals surface area contributed by atoms with E-state index in [0.29, 0.717) is 0 Å². The number of amides is 1. The molecule has 1 N–H and O–H groups in total. The molecule has 5 heteroatoms. The van der Waals surface area contributed by atoms with Crippen molar-refractivity contribution in [2.24, 2.45) is 0 Å². The van der Waals surface area contributed by atoms with Crippen LogP contribution in [0.2, 0.25) is 0 Å².